The van der Waals surface area contributed by atoms with Crippen LogP contribution in [-0.2, 0) is 19.1 Å². The van der Waals surface area contributed by atoms with Gasteiger partial charge in [0.2, 0.25) is 0 Å². The minimum atomic E-state index is -0.858. The normalized spacial score (nSPS) is 26.1. The third kappa shape index (κ3) is 3.74. The molecular weight excluding hydrogens is 188 g/mol. The second kappa shape index (κ2) is 4.95. The fourth-order valence-electron chi connectivity index (χ4n) is 1.46. The molecule has 1 heterocycles. The maximum atomic E-state index is 10.5. The highest BCUT2D eigenvalue weighted by atomic mass is 16.6. The Balaban J connectivity index is 2.20. The first-order valence-electron chi connectivity index (χ1n) is 4.58. The minimum Gasteiger partial charge on any atom is -0.481 e. The number of carbonyl (C=O) groups is 2. The average Bonchev–Trinajstić information content (AvgIpc) is 2.47. The summed E-state index contributed by atoms with van der Waals surface area (Å²) in [5.41, 5.74) is 0. The summed E-state index contributed by atoms with van der Waals surface area (Å²) in [7, 11) is 0. The van der Waals surface area contributed by atoms with Gasteiger partial charge in [-0.05, 0) is 12.8 Å². The first-order chi connectivity index (χ1) is 6.58. The maximum absolute atomic E-state index is 10.5. The van der Waals surface area contributed by atoms with E-state index in [0.29, 0.717) is 0 Å². The number of hydrogen-bond acceptors (Lipinski definition) is 4. The Hall–Kier alpha value is -1.10. The quantitative estimate of drug-likeness (QED) is 0.675. The number of esters is 1. The lowest BCUT2D eigenvalue weighted by Crippen LogP contribution is -2.20. The van der Waals surface area contributed by atoms with Gasteiger partial charge < -0.3 is 14.6 Å². The molecule has 0 amide bonds. The number of carboxylic acids is 1. The first-order valence-corrected chi connectivity index (χ1v) is 4.58. The topological polar surface area (TPSA) is 72.8 Å². The fourth-order valence-corrected chi connectivity index (χ4v) is 1.46. The molecule has 0 aliphatic carbocycles. The van der Waals surface area contributed by atoms with E-state index in [0.717, 1.165) is 12.8 Å². The summed E-state index contributed by atoms with van der Waals surface area (Å²) in [6, 6.07) is 0. The van der Waals surface area contributed by atoms with Crippen molar-refractivity contribution in [3.8, 4) is 0 Å². The van der Waals surface area contributed by atoms with Gasteiger partial charge in [-0.1, -0.05) is 0 Å². The minimum absolute atomic E-state index is 0.0244. The number of carboxylic acid groups (broad SMARTS) is 1. The molecule has 1 aliphatic heterocycles. The van der Waals surface area contributed by atoms with Crippen LogP contribution in [0.1, 0.15) is 26.2 Å². The lowest BCUT2D eigenvalue weighted by molar-refractivity contribution is -0.147. The molecule has 0 bridgehead atoms. The molecule has 80 valence electrons. The number of aliphatic carboxylic acids is 1. The SMILES string of the molecule is CC(=O)OCC1CCC(CC(=O)O)O1. The third-order valence-corrected chi connectivity index (χ3v) is 2.07. The van der Waals surface area contributed by atoms with Crippen LogP contribution in [0.15, 0.2) is 0 Å². The van der Waals surface area contributed by atoms with Crippen LogP contribution in [-0.4, -0.2) is 35.9 Å². The van der Waals surface area contributed by atoms with Crippen molar-refractivity contribution in [3.63, 3.8) is 0 Å². The van der Waals surface area contributed by atoms with Crippen LogP contribution in [0, 0.1) is 0 Å². The Morgan fingerprint density at radius 3 is 2.64 bits per heavy atom. The molecular formula is C9H14O5. The lowest BCUT2D eigenvalue weighted by atomic mass is 10.1. The lowest BCUT2D eigenvalue weighted by Gasteiger charge is -2.11. The molecule has 2 unspecified atom stereocenters. The van der Waals surface area contributed by atoms with Crippen LogP contribution < -0.4 is 0 Å². The molecule has 1 saturated heterocycles. The van der Waals surface area contributed by atoms with Crippen LogP contribution in [0.3, 0.4) is 0 Å². The molecule has 0 saturated carbocycles. The highest BCUT2D eigenvalue weighted by Gasteiger charge is 2.27. The van der Waals surface area contributed by atoms with Crippen LogP contribution in [0.4, 0.5) is 0 Å². The van der Waals surface area contributed by atoms with Crippen LogP contribution >= 0.6 is 0 Å². The van der Waals surface area contributed by atoms with Crippen molar-refractivity contribution in [2.45, 2.75) is 38.4 Å². The van der Waals surface area contributed by atoms with Crippen molar-refractivity contribution in [1.29, 1.82) is 0 Å². The van der Waals surface area contributed by atoms with Gasteiger partial charge in [-0.2, -0.15) is 0 Å². The Morgan fingerprint density at radius 2 is 2.07 bits per heavy atom. The molecule has 1 aliphatic rings. The third-order valence-electron chi connectivity index (χ3n) is 2.07. The highest BCUT2D eigenvalue weighted by molar-refractivity contribution is 5.67. The summed E-state index contributed by atoms with van der Waals surface area (Å²) in [6.45, 7) is 1.56. The zero-order valence-electron chi connectivity index (χ0n) is 8.06. The van der Waals surface area contributed by atoms with E-state index in [1.54, 1.807) is 0 Å². The molecule has 0 spiro atoms. The summed E-state index contributed by atoms with van der Waals surface area (Å²) in [4.78, 5) is 20.9. The zero-order valence-corrected chi connectivity index (χ0v) is 8.06. The predicted octanol–water partition coefficient (Wildman–Crippen LogP) is 0.572. The van der Waals surface area contributed by atoms with E-state index in [9.17, 15) is 9.59 Å². The van der Waals surface area contributed by atoms with E-state index in [-0.39, 0.29) is 31.2 Å². The van der Waals surface area contributed by atoms with Gasteiger partial charge in [-0.25, -0.2) is 0 Å². The smallest absolute Gasteiger partial charge is 0.305 e. The van der Waals surface area contributed by atoms with Gasteiger partial charge in [0.1, 0.15) is 6.61 Å². The molecule has 5 nitrogen and oxygen atoms in total. The van der Waals surface area contributed by atoms with Gasteiger partial charge in [0.15, 0.2) is 0 Å². The molecule has 5 heteroatoms. The summed E-state index contributed by atoms with van der Waals surface area (Å²) < 4.78 is 10.1. The van der Waals surface area contributed by atoms with E-state index in [1.807, 2.05) is 0 Å². The number of hydrogen-bond donors (Lipinski definition) is 1. The van der Waals surface area contributed by atoms with Gasteiger partial charge in [0.25, 0.3) is 0 Å². The molecule has 0 aromatic carbocycles. The monoisotopic (exact) mass is 202 g/mol. The van der Waals surface area contributed by atoms with Crippen molar-refractivity contribution < 1.29 is 24.2 Å². The average molecular weight is 202 g/mol. The Morgan fingerprint density at radius 1 is 1.43 bits per heavy atom. The zero-order chi connectivity index (χ0) is 10.6. The summed E-state index contributed by atoms with van der Waals surface area (Å²) in [6.07, 6.45) is 1.14. The molecule has 2 atom stereocenters. The molecule has 0 aromatic heterocycles. The fraction of sp³-hybridized carbons (Fsp3) is 0.778. The highest BCUT2D eigenvalue weighted by Crippen LogP contribution is 2.22. The van der Waals surface area contributed by atoms with Crippen molar-refractivity contribution in [2.24, 2.45) is 0 Å². The van der Waals surface area contributed by atoms with E-state index in [4.69, 9.17) is 14.6 Å². The molecule has 14 heavy (non-hydrogen) atoms. The van der Waals surface area contributed by atoms with Crippen molar-refractivity contribution in [1.82, 2.24) is 0 Å². The Kier molecular flexibility index (Phi) is 3.88. The van der Waals surface area contributed by atoms with E-state index in [1.165, 1.54) is 6.92 Å². The molecule has 1 fully saturated rings. The van der Waals surface area contributed by atoms with Crippen molar-refractivity contribution in [2.75, 3.05) is 6.61 Å². The second-order valence-corrected chi connectivity index (χ2v) is 3.36. The van der Waals surface area contributed by atoms with E-state index < -0.39 is 5.97 Å². The van der Waals surface area contributed by atoms with Gasteiger partial charge in [0, 0.05) is 6.92 Å². The van der Waals surface area contributed by atoms with Crippen LogP contribution in [0.25, 0.3) is 0 Å². The molecule has 1 N–H and O–H groups in total. The number of carbonyl (C=O) groups excluding carboxylic acids is 1. The van der Waals surface area contributed by atoms with Gasteiger partial charge in [0.05, 0.1) is 18.6 Å². The first kappa shape index (κ1) is 11.0. The number of rotatable bonds is 4. The van der Waals surface area contributed by atoms with Gasteiger partial charge >= 0.3 is 11.9 Å². The van der Waals surface area contributed by atoms with E-state index in [2.05, 4.69) is 0 Å². The second-order valence-electron chi connectivity index (χ2n) is 3.36. The van der Waals surface area contributed by atoms with Crippen LogP contribution in [0.2, 0.25) is 0 Å². The standard InChI is InChI=1S/C9H14O5/c1-6(10)13-5-8-3-2-7(14-8)4-9(11)12/h7-8H,2-5H2,1H3,(H,11,12). The maximum Gasteiger partial charge on any atom is 0.305 e. The summed E-state index contributed by atoms with van der Waals surface area (Å²) in [5.74, 6) is -1.20. The Labute approximate surface area is 82.0 Å². The van der Waals surface area contributed by atoms with E-state index >= 15 is 0 Å². The number of ether oxygens (including phenoxy) is 2. The molecule has 0 aromatic rings. The predicted molar refractivity (Wildman–Crippen MR) is 46.8 cm³/mol. The summed E-state index contributed by atoms with van der Waals surface area (Å²) in [5, 5.41) is 8.51. The largest absolute Gasteiger partial charge is 0.481 e. The van der Waals surface area contributed by atoms with Gasteiger partial charge in [-0.3, -0.25) is 9.59 Å². The summed E-state index contributed by atoms with van der Waals surface area (Å²) >= 11 is 0. The van der Waals surface area contributed by atoms with Gasteiger partial charge in [-0.15, -0.1) is 0 Å². The molecule has 0 radical (unpaired) electrons. The van der Waals surface area contributed by atoms with Crippen molar-refractivity contribution >= 4 is 11.9 Å². The Bertz CT molecular complexity index is 225. The molecule has 1 rings (SSSR count). The van der Waals surface area contributed by atoms with Crippen LogP contribution in [0.5, 0.6) is 0 Å². The van der Waals surface area contributed by atoms with Crippen molar-refractivity contribution in [3.05, 3.63) is 0 Å².